The number of rotatable bonds is 9. The Morgan fingerprint density at radius 2 is 1.74 bits per heavy atom. The normalized spacial score (nSPS) is 22.8. The molecule has 1 fully saturated rings. The molecule has 2 unspecified atom stereocenters. The number of benzene rings is 1. The molecule has 1 aromatic carbocycles. The summed E-state index contributed by atoms with van der Waals surface area (Å²) >= 11 is 6.00. The van der Waals surface area contributed by atoms with Crippen LogP contribution < -0.4 is 4.90 Å². The average Bonchev–Trinajstić information content (AvgIpc) is 3.44. The summed E-state index contributed by atoms with van der Waals surface area (Å²) in [5.41, 5.74) is 2.58. The summed E-state index contributed by atoms with van der Waals surface area (Å²) in [6, 6.07) is 5.61. The highest BCUT2D eigenvalue weighted by molar-refractivity contribution is 6.30. The van der Waals surface area contributed by atoms with Gasteiger partial charge in [-0.1, -0.05) is 23.7 Å². The number of carboxylic acid groups (broad SMARTS) is 1. The van der Waals surface area contributed by atoms with Crippen LogP contribution >= 0.6 is 11.6 Å². The number of aryl methyl sites for hydroxylation is 1. The highest BCUT2D eigenvalue weighted by atomic mass is 35.5. The van der Waals surface area contributed by atoms with Gasteiger partial charge in [0.1, 0.15) is 24.4 Å². The molecule has 1 N–H and O–H groups in total. The third kappa shape index (κ3) is 5.31. The molecule has 1 aliphatic carbocycles. The van der Waals surface area contributed by atoms with Crippen molar-refractivity contribution >= 4 is 29.2 Å². The summed E-state index contributed by atoms with van der Waals surface area (Å²) in [4.78, 5) is 62.3. The fourth-order valence-electron chi connectivity index (χ4n) is 4.93. The number of ether oxygens (including phenoxy) is 1. The molecule has 2 heterocycles. The first kappa shape index (κ1) is 27.0. The topological polar surface area (TPSA) is 184 Å². The number of hydrogen-bond donors (Lipinski definition) is 1. The van der Waals surface area contributed by atoms with Crippen molar-refractivity contribution in [2.75, 3.05) is 4.90 Å². The van der Waals surface area contributed by atoms with Crippen LogP contribution in [0.15, 0.2) is 30.5 Å². The fraction of sp³-hybridized carbons (Fsp3) is 0.435. The number of carbonyl (C=O) groups excluding carboxylic acids is 1. The van der Waals surface area contributed by atoms with Crippen LogP contribution in [0.1, 0.15) is 48.3 Å². The summed E-state index contributed by atoms with van der Waals surface area (Å²) in [5.74, 6) is -3.08. The molecule has 0 saturated heterocycles. The van der Waals surface area contributed by atoms with E-state index in [9.17, 15) is 34.9 Å². The van der Waals surface area contributed by atoms with Crippen molar-refractivity contribution in [3.8, 4) is 0 Å². The molecule has 4 rings (SSSR count). The molecule has 0 spiro atoms. The number of amides is 1. The zero-order valence-corrected chi connectivity index (χ0v) is 20.9. The molecule has 14 nitrogen and oxygen atoms in total. The lowest BCUT2D eigenvalue weighted by molar-refractivity contribution is -0.797. The lowest BCUT2D eigenvalue weighted by Gasteiger charge is -2.31. The largest absolute Gasteiger partial charge is 0.480 e. The number of carboxylic acids is 1. The zero-order valence-electron chi connectivity index (χ0n) is 20.2. The van der Waals surface area contributed by atoms with Gasteiger partial charge in [0, 0.05) is 28.3 Å². The van der Waals surface area contributed by atoms with Crippen LogP contribution in [0.5, 0.6) is 0 Å². The predicted molar refractivity (Wildman–Crippen MR) is 128 cm³/mol. The quantitative estimate of drug-likeness (QED) is 0.357. The van der Waals surface area contributed by atoms with Crippen molar-refractivity contribution in [1.82, 2.24) is 4.98 Å². The Hall–Kier alpha value is -4.04. The minimum absolute atomic E-state index is 0.0578. The first-order chi connectivity index (χ1) is 18.0. The minimum atomic E-state index is -1.38. The van der Waals surface area contributed by atoms with Crippen molar-refractivity contribution in [3.05, 3.63) is 78.1 Å². The van der Waals surface area contributed by atoms with E-state index in [0.717, 1.165) is 10.5 Å². The SMILES string of the molecule is Cc1ncc2c(c1N(C(=O)C1C[C@H](O[N+](=O)[O-])[C@H](O[N+](=O)[O-])C1)[C@H](C)C(=O)O)COC2c1ccc(Cl)cc1. The van der Waals surface area contributed by atoms with E-state index < -0.39 is 52.3 Å². The fourth-order valence-corrected chi connectivity index (χ4v) is 5.06. The minimum Gasteiger partial charge on any atom is -0.480 e. The van der Waals surface area contributed by atoms with E-state index in [1.54, 1.807) is 37.4 Å². The number of halogens is 1. The van der Waals surface area contributed by atoms with Crippen LogP contribution in [0.3, 0.4) is 0 Å². The lowest BCUT2D eigenvalue weighted by atomic mass is 9.97. The van der Waals surface area contributed by atoms with Gasteiger partial charge >= 0.3 is 5.97 Å². The number of fused-ring (bicyclic) bond motifs is 1. The summed E-state index contributed by atoms with van der Waals surface area (Å²) in [6.45, 7) is 2.99. The van der Waals surface area contributed by atoms with Crippen LogP contribution in [0.4, 0.5) is 5.69 Å². The van der Waals surface area contributed by atoms with Gasteiger partial charge in [-0.2, -0.15) is 0 Å². The maximum atomic E-state index is 13.8. The first-order valence-electron chi connectivity index (χ1n) is 11.5. The molecule has 1 aromatic heterocycles. The van der Waals surface area contributed by atoms with Crippen LogP contribution in [0, 0.1) is 33.1 Å². The van der Waals surface area contributed by atoms with Gasteiger partial charge in [0.25, 0.3) is 10.2 Å². The number of aromatic nitrogens is 1. The number of hydrogen-bond acceptors (Lipinski definition) is 10. The van der Waals surface area contributed by atoms with Gasteiger partial charge in [0.2, 0.25) is 5.91 Å². The Labute approximate surface area is 220 Å². The molecule has 0 bridgehead atoms. The smallest absolute Gasteiger partial charge is 0.326 e. The third-order valence-corrected chi connectivity index (χ3v) is 6.94. The second-order valence-electron chi connectivity index (χ2n) is 8.99. The number of aliphatic carboxylic acids is 1. The van der Waals surface area contributed by atoms with Gasteiger partial charge in [0.05, 0.1) is 18.0 Å². The van der Waals surface area contributed by atoms with Crippen molar-refractivity contribution in [3.63, 3.8) is 0 Å². The molecule has 1 amide bonds. The average molecular weight is 551 g/mol. The zero-order chi connectivity index (χ0) is 27.7. The van der Waals surface area contributed by atoms with Crippen molar-refractivity contribution < 1.29 is 39.3 Å². The van der Waals surface area contributed by atoms with Crippen LogP contribution in [0.2, 0.25) is 5.02 Å². The Bertz CT molecular complexity index is 1250. The standard InChI is InChI=1S/C23H23ClN4O10/c1-11-20(17-10-36-21(16(17)9-25-11)13-3-5-15(24)6-4-13)26(12(2)23(30)31)22(29)14-7-18(37-27(32)33)19(8-14)38-28(34)35/h3-6,9,12,14,18-19,21H,7-8,10H2,1-2H3,(H,30,31)/t12-,14?,18-,19+,21?/m1/s1. The highest BCUT2D eigenvalue weighted by Crippen LogP contribution is 2.43. The molecule has 5 atom stereocenters. The van der Waals surface area contributed by atoms with E-state index in [0.29, 0.717) is 21.8 Å². The van der Waals surface area contributed by atoms with Gasteiger partial charge < -0.3 is 19.5 Å². The number of pyridine rings is 1. The monoisotopic (exact) mass is 550 g/mol. The van der Waals surface area contributed by atoms with Gasteiger partial charge in [-0.25, -0.2) is 4.79 Å². The lowest BCUT2D eigenvalue weighted by Crippen LogP contribution is -2.47. The van der Waals surface area contributed by atoms with E-state index in [1.807, 2.05) is 0 Å². The molecule has 38 heavy (non-hydrogen) atoms. The molecule has 0 radical (unpaired) electrons. The van der Waals surface area contributed by atoms with Crippen LogP contribution in [-0.4, -0.2) is 50.4 Å². The summed E-state index contributed by atoms with van der Waals surface area (Å²) in [7, 11) is 0. The Morgan fingerprint density at radius 3 is 2.26 bits per heavy atom. The van der Waals surface area contributed by atoms with Crippen LogP contribution in [0.25, 0.3) is 0 Å². The first-order valence-corrected chi connectivity index (χ1v) is 11.9. The van der Waals surface area contributed by atoms with E-state index in [4.69, 9.17) is 16.3 Å². The molecule has 2 aliphatic rings. The van der Waals surface area contributed by atoms with Crippen molar-refractivity contribution in [2.24, 2.45) is 5.92 Å². The van der Waals surface area contributed by atoms with E-state index in [-0.39, 0.29) is 25.1 Å². The van der Waals surface area contributed by atoms with Gasteiger partial charge in [-0.15, -0.1) is 20.2 Å². The van der Waals surface area contributed by atoms with Crippen molar-refractivity contribution in [2.45, 2.75) is 57.6 Å². The van der Waals surface area contributed by atoms with E-state index in [1.165, 1.54) is 6.92 Å². The Kier molecular flexibility index (Phi) is 7.64. The molecular weight excluding hydrogens is 528 g/mol. The second kappa shape index (κ2) is 10.8. The molecule has 2 aromatic rings. The predicted octanol–water partition coefficient (Wildman–Crippen LogP) is 3.03. The van der Waals surface area contributed by atoms with Crippen molar-refractivity contribution in [1.29, 1.82) is 0 Å². The number of anilines is 1. The maximum absolute atomic E-state index is 13.8. The summed E-state index contributed by atoms with van der Waals surface area (Å²) in [6.07, 6.45) is -2.27. The summed E-state index contributed by atoms with van der Waals surface area (Å²) < 4.78 is 6.00. The molecular formula is C23H23ClN4O10. The molecule has 1 aliphatic heterocycles. The maximum Gasteiger partial charge on any atom is 0.326 e. The van der Waals surface area contributed by atoms with Gasteiger partial charge in [0.15, 0.2) is 0 Å². The van der Waals surface area contributed by atoms with E-state index >= 15 is 0 Å². The molecule has 15 heteroatoms. The van der Waals surface area contributed by atoms with E-state index in [2.05, 4.69) is 14.7 Å². The number of carbonyl (C=O) groups is 2. The third-order valence-electron chi connectivity index (χ3n) is 6.69. The van der Waals surface area contributed by atoms with Gasteiger partial charge in [-0.05, 0) is 44.4 Å². The molecule has 1 saturated carbocycles. The van der Waals surface area contributed by atoms with Gasteiger partial charge in [-0.3, -0.25) is 14.7 Å². The molecule has 202 valence electrons. The second-order valence-corrected chi connectivity index (χ2v) is 9.43. The highest BCUT2D eigenvalue weighted by Gasteiger charge is 2.46. The Morgan fingerprint density at radius 1 is 1.16 bits per heavy atom. The summed E-state index contributed by atoms with van der Waals surface area (Å²) in [5, 5.41) is 30.0. The number of nitrogens with zero attached hydrogens (tertiary/aromatic N) is 4. The van der Waals surface area contributed by atoms with Crippen LogP contribution in [-0.2, 0) is 30.6 Å². The Balaban J connectivity index is 1.73.